The Kier molecular flexibility index (Phi) is 7.85. The lowest BCUT2D eigenvalue weighted by atomic mass is 9.85. The van der Waals surface area contributed by atoms with Gasteiger partial charge in [-0.3, -0.25) is 0 Å². The maximum atomic E-state index is 14.6. The Bertz CT molecular complexity index is 3150. The minimum absolute atomic E-state index is 0.0964. The van der Waals surface area contributed by atoms with Crippen molar-refractivity contribution in [2.75, 3.05) is 0 Å². The molecular weight excluding hydrogens is 760 g/mol. The number of alkyl halides is 5. The molecule has 0 fully saturated rings. The number of halogens is 5. The summed E-state index contributed by atoms with van der Waals surface area (Å²) in [5.74, 6) is -3.03. The summed E-state index contributed by atoms with van der Waals surface area (Å²) in [6, 6.07) is 57.2. The first-order chi connectivity index (χ1) is 29.0. The van der Waals surface area contributed by atoms with E-state index in [2.05, 4.69) is 88.0 Å². The standard InChI is InChI=1S/C53H33F5N2/c1-52(54,55)34-22-18-32(19-23-34)50-42-28-26-37(60-48-16-8-4-12-40(48)41-13-5-9-17-49(41)60)31-45(42)51(33-20-24-35(25-21-33)53(56,57)58)43-29-27-36(30-44(43)50)59-46-14-6-2-10-38(46)39-11-3-7-15-47(39)59/h2-31H,1H3. The molecule has 2 aromatic heterocycles. The van der Waals surface area contributed by atoms with Crippen LogP contribution in [0, 0.1) is 0 Å². The van der Waals surface area contributed by atoms with Gasteiger partial charge in [-0.15, -0.1) is 0 Å². The second-order valence-electron chi connectivity index (χ2n) is 15.5. The van der Waals surface area contributed by atoms with Crippen molar-refractivity contribution < 1.29 is 22.0 Å². The fourth-order valence-corrected chi connectivity index (χ4v) is 9.26. The normalized spacial score (nSPS) is 12.5. The van der Waals surface area contributed by atoms with E-state index in [0.717, 1.165) is 112 Å². The van der Waals surface area contributed by atoms with E-state index in [0.29, 0.717) is 5.56 Å². The molecule has 0 aliphatic heterocycles. The van der Waals surface area contributed by atoms with Gasteiger partial charge in [0.2, 0.25) is 0 Å². The maximum Gasteiger partial charge on any atom is 0.416 e. The van der Waals surface area contributed by atoms with Gasteiger partial charge >= 0.3 is 6.18 Å². The van der Waals surface area contributed by atoms with Gasteiger partial charge in [0.25, 0.3) is 5.92 Å². The van der Waals surface area contributed by atoms with Crippen molar-refractivity contribution in [2.45, 2.75) is 19.0 Å². The molecule has 0 saturated carbocycles. The van der Waals surface area contributed by atoms with Crippen molar-refractivity contribution in [1.29, 1.82) is 0 Å². The molecule has 0 radical (unpaired) electrons. The SMILES string of the molecule is CC(F)(F)c1ccc(-c2c3ccc(-n4c5ccccc5c5ccccc54)cc3c(-c3ccc(C(F)(F)F)cc3)c3ccc(-n4c5ccccc5c5ccccc54)cc23)cc1. The predicted molar refractivity (Wildman–Crippen MR) is 236 cm³/mol. The molecule has 0 aliphatic rings. The first kappa shape index (κ1) is 35.9. The molecule has 0 aliphatic carbocycles. The molecule has 2 nitrogen and oxygen atoms in total. The van der Waals surface area contributed by atoms with Crippen LogP contribution < -0.4 is 0 Å². The van der Waals surface area contributed by atoms with E-state index in [1.54, 1.807) is 24.3 Å². The number of benzene rings is 9. The summed E-state index contributed by atoms with van der Waals surface area (Å²) in [6.45, 7) is 0.889. The summed E-state index contributed by atoms with van der Waals surface area (Å²) < 4.78 is 75.7. The van der Waals surface area contributed by atoms with Crippen LogP contribution >= 0.6 is 0 Å². The van der Waals surface area contributed by atoms with Crippen LogP contribution in [-0.4, -0.2) is 9.13 Å². The van der Waals surface area contributed by atoms with E-state index in [-0.39, 0.29) is 5.56 Å². The van der Waals surface area contributed by atoms with Gasteiger partial charge in [0.05, 0.1) is 27.6 Å². The van der Waals surface area contributed by atoms with E-state index in [9.17, 15) is 22.0 Å². The molecule has 7 heteroatoms. The van der Waals surface area contributed by atoms with E-state index in [4.69, 9.17) is 0 Å². The topological polar surface area (TPSA) is 9.86 Å². The average molecular weight is 793 g/mol. The van der Waals surface area contributed by atoms with Crippen LogP contribution in [0.5, 0.6) is 0 Å². The van der Waals surface area contributed by atoms with Crippen molar-refractivity contribution in [1.82, 2.24) is 9.13 Å². The van der Waals surface area contributed by atoms with Crippen LogP contribution in [0.2, 0.25) is 0 Å². The molecule has 11 rings (SSSR count). The Morgan fingerprint density at radius 3 is 1.00 bits per heavy atom. The number of aromatic nitrogens is 2. The second kappa shape index (κ2) is 13.1. The van der Waals surface area contributed by atoms with Gasteiger partial charge in [-0.25, -0.2) is 8.78 Å². The van der Waals surface area contributed by atoms with Gasteiger partial charge in [0, 0.05) is 45.4 Å². The van der Waals surface area contributed by atoms with Crippen LogP contribution in [-0.2, 0) is 12.1 Å². The third-order valence-corrected chi connectivity index (χ3v) is 11.9. The van der Waals surface area contributed by atoms with Gasteiger partial charge in [-0.2, -0.15) is 13.2 Å². The first-order valence-electron chi connectivity index (χ1n) is 19.7. The molecule has 11 aromatic rings. The number of hydrogen-bond donors (Lipinski definition) is 0. The molecule has 0 unspecified atom stereocenters. The summed E-state index contributed by atoms with van der Waals surface area (Å²) in [4.78, 5) is 0. The van der Waals surface area contributed by atoms with E-state index in [1.807, 2.05) is 54.6 Å². The minimum Gasteiger partial charge on any atom is -0.309 e. The van der Waals surface area contributed by atoms with E-state index in [1.165, 1.54) is 12.1 Å². The summed E-state index contributed by atoms with van der Waals surface area (Å²) in [7, 11) is 0. The molecule has 0 bridgehead atoms. The summed E-state index contributed by atoms with van der Waals surface area (Å²) >= 11 is 0. The lowest BCUT2D eigenvalue weighted by Crippen LogP contribution is -2.06. The molecule has 0 spiro atoms. The first-order valence-corrected chi connectivity index (χ1v) is 19.7. The Morgan fingerprint density at radius 2 is 0.667 bits per heavy atom. The monoisotopic (exact) mass is 792 g/mol. The van der Waals surface area contributed by atoms with Crippen LogP contribution in [0.4, 0.5) is 22.0 Å². The Balaban J connectivity index is 1.28. The molecule has 0 amide bonds. The second-order valence-corrected chi connectivity index (χ2v) is 15.5. The zero-order chi connectivity index (χ0) is 40.9. The molecule has 9 aromatic carbocycles. The molecule has 0 saturated heterocycles. The van der Waals surface area contributed by atoms with Gasteiger partial charge in [0.1, 0.15) is 0 Å². The summed E-state index contributed by atoms with van der Waals surface area (Å²) in [5.41, 5.74) is 7.97. The average Bonchev–Trinajstić information content (AvgIpc) is 3.78. The number of para-hydroxylation sites is 4. The third kappa shape index (κ3) is 5.53. The van der Waals surface area contributed by atoms with Crippen LogP contribution in [0.25, 0.3) is 98.8 Å². The summed E-state index contributed by atoms with van der Waals surface area (Å²) in [6.07, 6.45) is -4.51. The minimum atomic E-state index is -4.51. The highest BCUT2D eigenvalue weighted by molar-refractivity contribution is 6.22. The Labute approximate surface area is 341 Å². The fraction of sp³-hybridized carbons (Fsp3) is 0.0566. The van der Waals surface area contributed by atoms with Crippen LogP contribution in [0.3, 0.4) is 0 Å². The van der Waals surface area contributed by atoms with Crippen molar-refractivity contribution in [3.8, 4) is 33.6 Å². The Hall–Kier alpha value is -7.25. The van der Waals surface area contributed by atoms with Crippen LogP contribution in [0.1, 0.15) is 18.1 Å². The number of nitrogens with zero attached hydrogens (tertiary/aromatic N) is 2. The number of hydrogen-bond acceptors (Lipinski definition) is 0. The molecule has 0 atom stereocenters. The van der Waals surface area contributed by atoms with Gasteiger partial charge in [0.15, 0.2) is 0 Å². The van der Waals surface area contributed by atoms with Crippen molar-refractivity contribution in [2.24, 2.45) is 0 Å². The highest BCUT2D eigenvalue weighted by Crippen LogP contribution is 2.47. The maximum absolute atomic E-state index is 14.6. The van der Waals surface area contributed by atoms with Gasteiger partial charge < -0.3 is 9.13 Å². The van der Waals surface area contributed by atoms with E-state index >= 15 is 0 Å². The molecular formula is C53H33F5N2. The molecule has 290 valence electrons. The highest BCUT2D eigenvalue weighted by Gasteiger charge is 2.30. The third-order valence-electron chi connectivity index (χ3n) is 11.9. The van der Waals surface area contributed by atoms with Crippen molar-refractivity contribution in [3.05, 3.63) is 193 Å². The molecule has 60 heavy (non-hydrogen) atoms. The number of rotatable bonds is 5. The van der Waals surface area contributed by atoms with Crippen molar-refractivity contribution in [3.63, 3.8) is 0 Å². The highest BCUT2D eigenvalue weighted by atomic mass is 19.4. The van der Waals surface area contributed by atoms with Gasteiger partial charge in [-0.1, -0.05) is 121 Å². The zero-order valence-corrected chi connectivity index (χ0v) is 32.1. The predicted octanol–water partition coefficient (Wildman–Crippen LogP) is 15.7. The number of fused-ring (bicyclic) bond motifs is 8. The smallest absolute Gasteiger partial charge is 0.309 e. The largest absolute Gasteiger partial charge is 0.416 e. The quantitative estimate of drug-likeness (QED) is 0.121. The van der Waals surface area contributed by atoms with E-state index < -0.39 is 17.7 Å². The summed E-state index contributed by atoms with van der Waals surface area (Å²) in [5, 5.41) is 7.69. The van der Waals surface area contributed by atoms with Crippen molar-refractivity contribution >= 4 is 65.2 Å². The van der Waals surface area contributed by atoms with Gasteiger partial charge in [-0.05, 0) is 104 Å². The zero-order valence-electron chi connectivity index (χ0n) is 32.1. The molecule has 2 heterocycles. The fourth-order valence-electron chi connectivity index (χ4n) is 9.26. The molecule has 0 N–H and O–H groups in total. The lowest BCUT2D eigenvalue weighted by Gasteiger charge is -2.21. The van der Waals surface area contributed by atoms with Crippen LogP contribution in [0.15, 0.2) is 182 Å². The Morgan fingerprint density at radius 1 is 0.333 bits per heavy atom. The lowest BCUT2D eigenvalue weighted by molar-refractivity contribution is -0.137.